The molecule has 24 heavy (non-hydrogen) atoms. The number of unbranched alkanes of at least 4 members (excludes halogenated alkanes) is 2. The summed E-state index contributed by atoms with van der Waals surface area (Å²) in [6.07, 6.45) is 4.61. The van der Waals surface area contributed by atoms with Crippen LogP contribution in [0.3, 0.4) is 0 Å². The van der Waals surface area contributed by atoms with E-state index in [1.165, 1.54) is 12.8 Å². The number of nitrogens with zero attached hydrogens (tertiary/aromatic N) is 1. The average molecular weight is 385 g/mol. The molecule has 2 rings (SSSR count). The van der Waals surface area contributed by atoms with Gasteiger partial charge in [-0.1, -0.05) is 38.3 Å². The lowest BCUT2D eigenvalue weighted by Gasteiger charge is -2.35. The molecule has 0 unspecified atom stereocenters. The maximum Gasteiger partial charge on any atom is 0.387 e. The first-order chi connectivity index (χ1) is 10.7. The molecule has 1 N–H and O–H groups in total. The molecule has 0 amide bonds. The molecule has 1 saturated heterocycles. The summed E-state index contributed by atoms with van der Waals surface area (Å²) in [5.41, 5.74) is 1.08. The fourth-order valence-electron chi connectivity index (χ4n) is 3.04. The molecule has 1 heterocycles. The van der Waals surface area contributed by atoms with Crippen molar-refractivity contribution < 1.29 is 13.5 Å². The highest BCUT2D eigenvalue weighted by atomic mass is 35.5. The SMILES string of the molecule is CCCCC[C@@H](c1cccc(OC(F)F)c1)N1CCNCC1.Cl.Cl. The van der Waals surface area contributed by atoms with Crippen molar-refractivity contribution in [1.82, 2.24) is 10.2 Å². The maximum atomic E-state index is 12.4. The van der Waals surface area contributed by atoms with E-state index in [9.17, 15) is 8.78 Å². The number of hydrogen-bond acceptors (Lipinski definition) is 3. The monoisotopic (exact) mass is 384 g/mol. The van der Waals surface area contributed by atoms with Gasteiger partial charge in [-0.15, -0.1) is 24.8 Å². The molecule has 0 bridgehead atoms. The largest absolute Gasteiger partial charge is 0.435 e. The molecule has 0 aromatic heterocycles. The summed E-state index contributed by atoms with van der Waals surface area (Å²) in [7, 11) is 0. The van der Waals surface area contributed by atoms with Crippen LogP contribution in [0, 0.1) is 0 Å². The topological polar surface area (TPSA) is 24.5 Å². The molecule has 1 fully saturated rings. The van der Waals surface area contributed by atoms with Crippen molar-refractivity contribution in [3.63, 3.8) is 0 Å². The van der Waals surface area contributed by atoms with Crippen LogP contribution in [0.15, 0.2) is 24.3 Å². The standard InChI is InChI=1S/C17H26F2N2O.2ClH/c1-2-3-4-8-16(21-11-9-20-10-12-21)14-6-5-7-15(13-14)22-17(18)19;;/h5-7,13,16-17,20H,2-4,8-12H2,1H3;2*1H/t16-;;/m0../s1. The first-order valence-electron chi connectivity index (χ1n) is 8.20. The van der Waals surface area contributed by atoms with Crippen LogP contribution in [-0.2, 0) is 0 Å². The zero-order valence-corrected chi connectivity index (χ0v) is 15.7. The van der Waals surface area contributed by atoms with E-state index < -0.39 is 6.61 Å². The number of piperazine rings is 1. The van der Waals surface area contributed by atoms with Crippen molar-refractivity contribution in [2.75, 3.05) is 26.2 Å². The zero-order valence-electron chi connectivity index (χ0n) is 14.0. The molecule has 1 aromatic carbocycles. The molecule has 1 aliphatic heterocycles. The van der Waals surface area contributed by atoms with Gasteiger partial charge in [0.25, 0.3) is 0 Å². The van der Waals surface area contributed by atoms with E-state index in [2.05, 4.69) is 21.9 Å². The fraction of sp³-hybridized carbons (Fsp3) is 0.647. The molecule has 1 aromatic rings. The van der Waals surface area contributed by atoms with Crippen LogP contribution in [0.2, 0.25) is 0 Å². The minimum Gasteiger partial charge on any atom is -0.435 e. The smallest absolute Gasteiger partial charge is 0.387 e. The Labute approximate surface area is 156 Å². The quantitative estimate of drug-likeness (QED) is 0.659. The fourth-order valence-corrected chi connectivity index (χ4v) is 3.04. The van der Waals surface area contributed by atoms with Crippen molar-refractivity contribution in [1.29, 1.82) is 0 Å². The number of halogens is 4. The van der Waals surface area contributed by atoms with E-state index in [0.717, 1.165) is 44.6 Å². The van der Waals surface area contributed by atoms with E-state index in [4.69, 9.17) is 0 Å². The highest BCUT2D eigenvalue weighted by molar-refractivity contribution is 5.85. The predicted octanol–water partition coefficient (Wildman–Crippen LogP) is 4.66. The van der Waals surface area contributed by atoms with Gasteiger partial charge in [0.05, 0.1) is 0 Å². The molecular formula is C17H28Cl2F2N2O. The van der Waals surface area contributed by atoms with Crippen LogP contribution in [-0.4, -0.2) is 37.7 Å². The van der Waals surface area contributed by atoms with Crippen molar-refractivity contribution in [3.8, 4) is 5.75 Å². The summed E-state index contributed by atoms with van der Waals surface area (Å²) in [6.45, 7) is 3.38. The van der Waals surface area contributed by atoms with Gasteiger partial charge in [0.2, 0.25) is 0 Å². The van der Waals surface area contributed by atoms with Gasteiger partial charge in [-0.2, -0.15) is 8.78 Å². The van der Waals surface area contributed by atoms with Crippen LogP contribution in [0.4, 0.5) is 8.78 Å². The number of benzene rings is 1. The Hall–Kier alpha value is -0.620. The van der Waals surface area contributed by atoms with E-state index in [1.807, 2.05) is 12.1 Å². The van der Waals surface area contributed by atoms with Gasteiger partial charge in [-0.25, -0.2) is 0 Å². The van der Waals surface area contributed by atoms with Crippen molar-refractivity contribution in [3.05, 3.63) is 29.8 Å². The summed E-state index contributed by atoms with van der Waals surface area (Å²) in [5, 5.41) is 3.36. The second-order valence-electron chi connectivity index (χ2n) is 5.75. The molecule has 3 nitrogen and oxygen atoms in total. The second-order valence-corrected chi connectivity index (χ2v) is 5.75. The van der Waals surface area contributed by atoms with Gasteiger partial charge in [0.15, 0.2) is 0 Å². The molecule has 0 radical (unpaired) electrons. The molecule has 0 saturated carbocycles. The Kier molecular flexibility index (Phi) is 12.4. The molecule has 0 spiro atoms. The average Bonchev–Trinajstić information content (AvgIpc) is 2.52. The highest BCUT2D eigenvalue weighted by Crippen LogP contribution is 2.29. The van der Waals surface area contributed by atoms with Gasteiger partial charge in [-0.3, -0.25) is 4.90 Å². The summed E-state index contributed by atoms with van der Waals surface area (Å²) >= 11 is 0. The number of rotatable bonds is 8. The normalized spacial score (nSPS) is 16.2. The van der Waals surface area contributed by atoms with Gasteiger partial charge < -0.3 is 10.1 Å². The second kappa shape index (κ2) is 12.7. The van der Waals surface area contributed by atoms with Gasteiger partial charge in [0, 0.05) is 32.2 Å². The van der Waals surface area contributed by atoms with Crippen molar-refractivity contribution in [2.24, 2.45) is 0 Å². The first-order valence-corrected chi connectivity index (χ1v) is 8.20. The third-order valence-corrected chi connectivity index (χ3v) is 4.14. The minimum absolute atomic E-state index is 0. The van der Waals surface area contributed by atoms with Crippen LogP contribution in [0.5, 0.6) is 5.75 Å². The van der Waals surface area contributed by atoms with E-state index in [0.29, 0.717) is 0 Å². The first kappa shape index (κ1) is 23.4. The summed E-state index contributed by atoms with van der Waals surface area (Å²) in [4.78, 5) is 2.45. The number of ether oxygens (including phenoxy) is 1. The molecule has 140 valence electrons. The van der Waals surface area contributed by atoms with Crippen molar-refractivity contribution >= 4 is 24.8 Å². The van der Waals surface area contributed by atoms with Gasteiger partial charge >= 0.3 is 6.61 Å². The Bertz CT molecular complexity index is 446. The van der Waals surface area contributed by atoms with Gasteiger partial charge in [-0.05, 0) is 24.1 Å². The minimum atomic E-state index is -2.77. The number of hydrogen-bond donors (Lipinski definition) is 1. The van der Waals surface area contributed by atoms with E-state index in [-0.39, 0.29) is 36.6 Å². The van der Waals surface area contributed by atoms with Crippen LogP contribution < -0.4 is 10.1 Å². The molecule has 7 heteroatoms. The third kappa shape index (κ3) is 7.51. The molecule has 0 aliphatic carbocycles. The molecule has 1 atom stereocenters. The third-order valence-electron chi connectivity index (χ3n) is 4.14. The predicted molar refractivity (Wildman–Crippen MR) is 98.9 cm³/mol. The number of alkyl halides is 2. The zero-order chi connectivity index (χ0) is 15.8. The maximum absolute atomic E-state index is 12.4. The molecule has 1 aliphatic rings. The lowest BCUT2D eigenvalue weighted by Crippen LogP contribution is -2.45. The van der Waals surface area contributed by atoms with Crippen molar-refractivity contribution in [2.45, 2.75) is 45.3 Å². The van der Waals surface area contributed by atoms with E-state index in [1.54, 1.807) is 12.1 Å². The van der Waals surface area contributed by atoms with Crippen LogP contribution in [0.25, 0.3) is 0 Å². The van der Waals surface area contributed by atoms with Gasteiger partial charge in [0.1, 0.15) is 5.75 Å². The lowest BCUT2D eigenvalue weighted by atomic mass is 9.98. The summed E-state index contributed by atoms with van der Waals surface area (Å²) in [6, 6.07) is 7.48. The molecular weight excluding hydrogens is 357 g/mol. The Morgan fingerprint density at radius 2 is 1.88 bits per heavy atom. The lowest BCUT2D eigenvalue weighted by molar-refractivity contribution is -0.0499. The Morgan fingerprint density at radius 3 is 2.50 bits per heavy atom. The Morgan fingerprint density at radius 1 is 1.17 bits per heavy atom. The van der Waals surface area contributed by atoms with Crippen LogP contribution in [0.1, 0.15) is 44.2 Å². The summed E-state index contributed by atoms with van der Waals surface area (Å²) in [5.74, 6) is 0.253. The Balaban J connectivity index is 0.00000264. The number of nitrogens with one attached hydrogen (secondary N) is 1. The summed E-state index contributed by atoms with van der Waals surface area (Å²) < 4.78 is 29.4. The highest BCUT2D eigenvalue weighted by Gasteiger charge is 2.22. The van der Waals surface area contributed by atoms with E-state index >= 15 is 0 Å². The van der Waals surface area contributed by atoms with Crippen LogP contribution >= 0.6 is 24.8 Å².